The second-order valence-electron chi connectivity index (χ2n) is 5.16. The number of carboxylic acids is 1. The number of nitrogens with zero attached hydrogens (tertiary/aromatic N) is 1. The average molecular weight is 271 g/mol. The van der Waals surface area contributed by atoms with Gasteiger partial charge >= 0.3 is 12.0 Å². The van der Waals surface area contributed by atoms with Crippen LogP contribution in [-0.4, -0.2) is 47.0 Å². The number of carboxylic acid groups (broad SMARTS) is 1. The van der Waals surface area contributed by atoms with Crippen LogP contribution in [0.15, 0.2) is 0 Å². The largest absolute Gasteiger partial charge is 0.481 e. The molecule has 4 N–H and O–H groups in total. The minimum atomic E-state index is -0.931. The Hall–Kier alpha value is -1.79. The maximum atomic E-state index is 11.9. The molecule has 1 saturated carbocycles. The van der Waals surface area contributed by atoms with Crippen LogP contribution >= 0.6 is 0 Å². The third kappa shape index (κ3) is 4.76. The van der Waals surface area contributed by atoms with Crippen molar-refractivity contribution in [2.75, 3.05) is 13.6 Å². The van der Waals surface area contributed by atoms with E-state index in [1.165, 1.54) is 11.9 Å². The van der Waals surface area contributed by atoms with Crippen LogP contribution < -0.4 is 11.1 Å². The summed E-state index contributed by atoms with van der Waals surface area (Å²) in [6, 6.07) is -0.457. The molecule has 1 fully saturated rings. The van der Waals surface area contributed by atoms with Crippen LogP contribution in [0.25, 0.3) is 0 Å². The lowest BCUT2D eigenvalue weighted by Gasteiger charge is -2.38. The Kier molecular flexibility index (Phi) is 5.14. The van der Waals surface area contributed by atoms with E-state index in [-0.39, 0.29) is 13.0 Å². The first-order valence-electron chi connectivity index (χ1n) is 6.38. The van der Waals surface area contributed by atoms with E-state index in [0.717, 1.165) is 19.3 Å². The van der Waals surface area contributed by atoms with Crippen molar-refractivity contribution in [3.8, 4) is 0 Å². The van der Waals surface area contributed by atoms with E-state index in [4.69, 9.17) is 10.8 Å². The molecule has 0 spiro atoms. The SMILES string of the molecule is CN(CC(N)=O)C(=O)NC1(CC(=O)O)CCCCC1. The second kappa shape index (κ2) is 6.40. The number of hydrogen-bond acceptors (Lipinski definition) is 3. The van der Waals surface area contributed by atoms with E-state index in [1.807, 2.05) is 0 Å². The highest BCUT2D eigenvalue weighted by Gasteiger charge is 2.36. The third-order valence-corrected chi connectivity index (χ3v) is 3.41. The third-order valence-electron chi connectivity index (χ3n) is 3.41. The topological polar surface area (TPSA) is 113 Å². The molecule has 108 valence electrons. The van der Waals surface area contributed by atoms with Gasteiger partial charge in [-0.2, -0.15) is 0 Å². The van der Waals surface area contributed by atoms with Crippen LogP contribution in [-0.2, 0) is 9.59 Å². The van der Waals surface area contributed by atoms with Crippen LogP contribution in [0.3, 0.4) is 0 Å². The van der Waals surface area contributed by atoms with Crippen molar-refractivity contribution < 1.29 is 19.5 Å². The maximum absolute atomic E-state index is 11.9. The van der Waals surface area contributed by atoms with Crippen molar-refractivity contribution in [2.24, 2.45) is 5.73 Å². The molecule has 0 bridgehead atoms. The van der Waals surface area contributed by atoms with E-state index in [9.17, 15) is 14.4 Å². The number of carbonyl (C=O) groups is 3. The lowest BCUT2D eigenvalue weighted by Crippen LogP contribution is -2.55. The summed E-state index contributed by atoms with van der Waals surface area (Å²) < 4.78 is 0. The number of nitrogens with two attached hydrogens (primary N) is 1. The van der Waals surface area contributed by atoms with E-state index in [0.29, 0.717) is 12.8 Å². The molecule has 0 saturated heterocycles. The molecule has 19 heavy (non-hydrogen) atoms. The molecule has 0 aromatic heterocycles. The van der Waals surface area contributed by atoms with Crippen molar-refractivity contribution in [2.45, 2.75) is 44.1 Å². The van der Waals surface area contributed by atoms with E-state index in [2.05, 4.69) is 5.32 Å². The van der Waals surface area contributed by atoms with Gasteiger partial charge in [-0.3, -0.25) is 9.59 Å². The maximum Gasteiger partial charge on any atom is 0.318 e. The molecule has 7 nitrogen and oxygen atoms in total. The fourth-order valence-corrected chi connectivity index (χ4v) is 2.49. The van der Waals surface area contributed by atoms with Crippen molar-refractivity contribution in [3.63, 3.8) is 0 Å². The van der Waals surface area contributed by atoms with Gasteiger partial charge in [0, 0.05) is 7.05 Å². The van der Waals surface area contributed by atoms with Gasteiger partial charge in [0.15, 0.2) is 0 Å². The zero-order chi connectivity index (χ0) is 14.5. The fraction of sp³-hybridized carbons (Fsp3) is 0.750. The van der Waals surface area contributed by atoms with Gasteiger partial charge in [-0.1, -0.05) is 19.3 Å². The number of nitrogens with one attached hydrogen (secondary N) is 1. The minimum absolute atomic E-state index is 0.0941. The van der Waals surface area contributed by atoms with Crippen molar-refractivity contribution in [1.82, 2.24) is 10.2 Å². The summed E-state index contributed by atoms with van der Waals surface area (Å²) in [5.74, 6) is -1.53. The first kappa shape index (κ1) is 15.3. The van der Waals surface area contributed by atoms with Gasteiger partial charge in [0.2, 0.25) is 5.91 Å². The van der Waals surface area contributed by atoms with Crippen LogP contribution in [0.4, 0.5) is 4.79 Å². The normalized spacial score (nSPS) is 17.5. The molecule has 1 aliphatic carbocycles. The van der Waals surface area contributed by atoms with Gasteiger partial charge in [-0.15, -0.1) is 0 Å². The van der Waals surface area contributed by atoms with E-state index in [1.54, 1.807) is 0 Å². The summed E-state index contributed by atoms with van der Waals surface area (Å²) in [5, 5.41) is 11.8. The molecular weight excluding hydrogens is 250 g/mol. The van der Waals surface area contributed by atoms with Crippen LogP contribution in [0.2, 0.25) is 0 Å². The highest BCUT2D eigenvalue weighted by Crippen LogP contribution is 2.31. The summed E-state index contributed by atoms with van der Waals surface area (Å²) in [6.45, 7) is -0.186. The van der Waals surface area contributed by atoms with Crippen LogP contribution in [0.5, 0.6) is 0 Å². The molecule has 0 atom stereocenters. The zero-order valence-corrected chi connectivity index (χ0v) is 11.1. The highest BCUT2D eigenvalue weighted by molar-refractivity contribution is 5.83. The molecular formula is C12H21N3O4. The van der Waals surface area contributed by atoms with Gasteiger partial charge in [0.1, 0.15) is 6.54 Å². The standard InChI is InChI=1S/C12H21N3O4/c1-15(8-9(13)16)11(19)14-12(7-10(17)18)5-3-2-4-6-12/h2-8H2,1H3,(H2,13,16)(H,14,19)(H,17,18). The Morgan fingerprint density at radius 3 is 2.32 bits per heavy atom. The predicted molar refractivity (Wildman–Crippen MR) is 68.4 cm³/mol. The van der Waals surface area contributed by atoms with Gasteiger partial charge < -0.3 is 21.1 Å². The summed E-state index contributed by atoms with van der Waals surface area (Å²) in [7, 11) is 1.46. The molecule has 7 heteroatoms. The number of aliphatic carboxylic acids is 1. The zero-order valence-electron chi connectivity index (χ0n) is 11.1. The molecule has 0 radical (unpaired) electrons. The van der Waals surface area contributed by atoms with Gasteiger partial charge in [0.25, 0.3) is 0 Å². The Balaban J connectivity index is 2.68. The molecule has 0 heterocycles. The highest BCUT2D eigenvalue weighted by atomic mass is 16.4. The Morgan fingerprint density at radius 1 is 1.26 bits per heavy atom. The minimum Gasteiger partial charge on any atom is -0.481 e. The van der Waals surface area contributed by atoms with Gasteiger partial charge in [0.05, 0.1) is 12.0 Å². The van der Waals surface area contributed by atoms with Gasteiger partial charge in [-0.25, -0.2) is 4.79 Å². The Bertz CT molecular complexity index is 364. The number of amides is 3. The quantitative estimate of drug-likeness (QED) is 0.667. The van der Waals surface area contributed by atoms with Crippen LogP contribution in [0, 0.1) is 0 Å². The van der Waals surface area contributed by atoms with E-state index >= 15 is 0 Å². The smallest absolute Gasteiger partial charge is 0.318 e. The van der Waals surface area contributed by atoms with Gasteiger partial charge in [-0.05, 0) is 12.8 Å². The van der Waals surface area contributed by atoms with Crippen molar-refractivity contribution in [3.05, 3.63) is 0 Å². The lowest BCUT2D eigenvalue weighted by molar-refractivity contribution is -0.139. The Morgan fingerprint density at radius 2 is 1.84 bits per heavy atom. The molecule has 0 aliphatic heterocycles. The number of urea groups is 1. The van der Waals surface area contributed by atoms with E-state index < -0.39 is 23.4 Å². The predicted octanol–water partition coefficient (Wildman–Crippen LogP) is 0.291. The number of carbonyl (C=O) groups excluding carboxylic acids is 2. The molecule has 3 amide bonds. The van der Waals surface area contributed by atoms with Crippen molar-refractivity contribution in [1.29, 1.82) is 0 Å². The number of rotatable bonds is 5. The summed E-state index contributed by atoms with van der Waals surface area (Å²) in [4.78, 5) is 34.8. The first-order valence-corrected chi connectivity index (χ1v) is 6.38. The molecule has 1 rings (SSSR count). The molecule has 0 aromatic carbocycles. The number of primary amides is 1. The second-order valence-corrected chi connectivity index (χ2v) is 5.16. The molecule has 0 aromatic rings. The average Bonchev–Trinajstić information content (AvgIpc) is 2.27. The molecule has 0 unspecified atom stereocenters. The molecule has 1 aliphatic rings. The van der Waals surface area contributed by atoms with Crippen molar-refractivity contribution >= 4 is 17.9 Å². The summed E-state index contributed by atoms with van der Waals surface area (Å²) in [6.07, 6.45) is 4.04. The van der Waals surface area contributed by atoms with Crippen LogP contribution in [0.1, 0.15) is 38.5 Å². The number of likely N-dealkylation sites (N-methyl/N-ethyl adjacent to an activating group) is 1. The summed E-state index contributed by atoms with van der Waals surface area (Å²) in [5.41, 5.74) is 4.32. The first-order chi connectivity index (χ1) is 8.84. The monoisotopic (exact) mass is 271 g/mol. The Labute approximate surface area is 112 Å². The fourth-order valence-electron chi connectivity index (χ4n) is 2.49. The number of hydrogen-bond donors (Lipinski definition) is 3. The lowest BCUT2D eigenvalue weighted by atomic mass is 9.79. The summed E-state index contributed by atoms with van der Waals surface area (Å²) >= 11 is 0.